The molecule has 2 aliphatic heterocycles. The van der Waals surface area contributed by atoms with Crippen molar-refractivity contribution in [2.24, 2.45) is 5.92 Å². The molecule has 2 N–H and O–H groups in total. The summed E-state index contributed by atoms with van der Waals surface area (Å²) in [6.07, 6.45) is 5.76. The second-order valence-corrected chi connectivity index (χ2v) is 7.54. The van der Waals surface area contributed by atoms with Gasteiger partial charge in [0.05, 0.1) is 6.26 Å². The van der Waals surface area contributed by atoms with E-state index < -0.39 is 10.0 Å². The number of hydrogen-bond donors (Lipinski definition) is 2. The smallest absolute Gasteiger partial charge is 0.211 e. The molecule has 2 saturated heterocycles. The molecule has 6 heteroatoms. The fraction of sp³-hybridized carbons (Fsp3) is 1.00. The Morgan fingerprint density at radius 2 is 2.00 bits per heavy atom. The van der Waals surface area contributed by atoms with Crippen LogP contribution in [0.4, 0.5) is 0 Å². The molecule has 5 nitrogen and oxygen atoms in total. The van der Waals surface area contributed by atoms with Crippen LogP contribution in [0.2, 0.25) is 0 Å². The first-order valence-electron chi connectivity index (χ1n) is 6.95. The molecule has 106 valence electrons. The minimum absolute atomic E-state index is 0.491. The molecule has 0 bridgehead atoms. The third-order valence-corrected chi connectivity index (χ3v) is 5.32. The van der Waals surface area contributed by atoms with Gasteiger partial charge in [-0.2, -0.15) is 0 Å². The molecule has 1 unspecified atom stereocenters. The summed E-state index contributed by atoms with van der Waals surface area (Å²) >= 11 is 0. The molecule has 0 aromatic heterocycles. The van der Waals surface area contributed by atoms with Crippen LogP contribution >= 0.6 is 0 Å². The van der Waals surface area contributed by atoms with Gasteiger partial charge < -0.3 is 10.6 Å². The zero-order valence-electron chi connectivity index (χ0n) is 11.2. The predicted octanol–water partition coefficient (Wildman–Crippen LogP) is -0.000400. The lowest BCUT2D eigenvalue weighted by Gasteiger charge is -2.32. The standard InChI is InChI=1S/C12H25N3O2S/c1-18(16,17)15-7-4-12(5-8-15)14-10-11-3-2-6-13-9-11/h11-14H,2-10H2,1H3. The maximum Gasteiger partial charge on any atom is 0.211 e. The number of rotatable bonds is 4. The van der Waals surface area contributed by atoms with Gasteiger partial charge >= 0.3 is 0 Å². The summed E-state index contributed by atoms with van der Waals surface area (Å²) < 4.78 is 24.4. The fourth-order valence-corrected chi connectivity index (χ4v) is 3.70. The zero-order chi connectivity index (χ0) is 13.0. The normalized spacial score (nSPS) is 28.4. The van der Waals surface area contributed by atoms with Crippen LogP contribution in [0.5, 0.6) is 0 Å². The van der Waals surface area contributed by atoms with Crippen LogP contribution in [0.25, 0.3) is 0 Å². The van der Waals surface area contributed by atoms with Gasteiger partial charge in [0.25, 0.3) is 0 Å². The van der Waals surface area contributed by atoms with E-state index in [4.69, 9.17) is 0 Å². The predicted molar refractivity (Wildman–Crippen MR) is 73.0 cm³/mol. The third-order valence-electron chi connectivity index (χ3n) is 4.02. The van der Waals surface area contributed by atoms with E-state index in [-0.39, 0.29) is 0 Å². The second kappa shape index (κ2) is 6.32. The van der Waals surface area contributed by atoms with Crippen molar-refractivity contribution in [3.63, 3.8) is 0 Å². The van der Waals surface area contributed by atoms with Gasteiger partial charge in [0.2, 0.25) is 10.0 Å². The molecular formula is C12H25N3O2S. The lowest BCUT2D eigenvalue weighted by molar-refractivity contribution is 0.270. The second-order valence-electron chi connectivity index (χ2n) is 5.56. The van der Waals surface area contributed by atoms with Crippen LogP contribution in [0.3, 0.4) is 0 Å². The summed E-state index contributed by atoms with van der Waals surface area (Å²) in [5.74, 6) is 0.742. The molecular weight excluding hydrogens is 250 g/mol. The molecule has 0 aliphatic carbocycles. The summed E-state index contributed by atoms with van der Waals surface area (Å²) in [7, 11) is -2.99. The quantitative estimate of drug-likeness (QED) is 0.758. The summed E-state index contributed by atoms with van der Waals surface area (Å²) in [4.78, 5) is 0. The van der Waals surface area contributed by atoms with Gasteiger partial charge in [-0.05, 0) is 51.2 Å². The van der Waals surface area contributed by atoms with Crippen molar-refractivity contribution in [1.82, 2.24) is 14.9 Å². The van der Waals surface area contributed by atoms with Gasteiger partial charge in [-0.3, -0.25) is 0 Å². The van der Waals surface area contributed by atoms with Crippen LogP contribution in [0, 0.1) is 5.92 Å². The Morgan fingerprint density at radius 3 is 2.56 bits per heavy atom. The van der Waals surface area contributed by atoms with E-state index in [0.717, 1.165) is 38.4 Å². The topological polar surface area (TPSA) is 61.4 Å². The molecule has 2 aliphatic rings. The van der Waals surface area contributed by atoms with Crippen molar-refractivity contribution in [2.45, 2.75) is 31.7 Å². The molecule has 1 atom stereocenters. The van der Waals surface area contributed by atoms with Crippen molar-refractivity contribution >= 4 is 10.0 Å². The fourth-order valence-electron chi connectivity index (χ4n) is 2.82. The molecule has 0 aromatic carbocycles. The Balaban J connectivity index is 1.67. The third kappa shape index (κ3) is 4.19. The minimum atomic E-state index is -2.99. The number of nitrogens with one attached hydrogen (secondary N) is 2. The van der Waals surface area contributed by atoms with Gasteiger partial charge in [0.15, 0.2) is 0 Å². The summed E-state index contributed by atoms with van der Waals surface area (Å²) in [5, 5.41) is 7.02. The van der Waals surface area contributed by atoms with Crippen LogP contribution in [0.15, 0.2) is 0 Å². The van der Waals surface area contributed by atoms with Gasteiger partial charge in [0, 0.05) is 19.1 Å². The highest BCUT2D eigenvalue weighted by Crippen LogP contribution is 2.14. The van der Waals surface area contributed by atoms with E-state index in [2.05, 4.69) is 10.6 Å². The van der Waals surface area contributed by atoms with Crippen molar-refractivity contribution < 1.29 is 8.42 Å². The van der Waals surface area contributed by atoms with Gasteiger partial charge in [-0.25, -0.2) is 12.7 Å². The van der Waals surface area contributed by atoms with E-state index in [1.54, 1.807) is 4.31 Å². The molecule has 18 heavy (non-hydrogen) atoms. The van der Waals surface area contributed by atoms with Crippen LogP contribution in [-0.2, 0) is 10.0 Å². The molecule has 2 heterocycles. The van der Waals surface area contributed by atoms with Crippen molar-refractivity contribution in [3.8, 4) is 0 Å². The minimum Gasteiger partial charge on any atom is -0.316 e. The average molecular weight is 275 g/mol. The van der Waals surface area contributed by atoms with Crippen LogP contribution in [-0.4, -0.2) is 57.7 Å². The summed E-state index contributed by atoms with van der Waals surface area (Å²) in [6, 6.07) is 0.491. The highest BCUT2D eigenvalue weighted by molar-refractivity contribution is 7.88. The SMILES string of the molecule is CS(=O)(=O)N1CCC(NCC2CCCNC2)CC1. The van der Waals surface area contributed by atoms with Crippen LogP contribution < -0.4 is 10.6 Å². The Kier molecular flexibility index (Phi) is 5.00. The Bertz CT molecular complexity index is 344. The average Bonchev–Trinajstić information content (AvgIpc) is 2.37. The number of piperidine rings is 2. The van der Waals surface area contributed by atoms with E-state index in [0.29, 0.717) is 19.1 Å². The maximum absolute atomic E-state index is 11.4. The Hall–Kier alpha value is -0.170. The first-order chi connectivity index (χ1) is 8.55. The van der Waals surface area contributed by atoms with E-state index in [1.807, 2.05) is 0 Å². The van der Waals surface area contributed by atoms with Gasteiger partial charge in [-0.1, -0.05) is 0 Å². The molecule has 0 amide bonds. The summed E-state index contributed by atoms with van der Waals surface area (Å²) in [6.45, 7) is 4.67. The molecule has 0 spiro atoms. The van der Waals surface area contributed by atoms with Crippen molar-refractivity contribution in [1.29, 1.82) is 0 Å². The van der Waals surface area contributed by atoms with Crippen molar-refractivity contribution in [2.75, 3.05) is 39.0 Å². The number of hydrogen-bond acceptors (Lipinski definition) is 4. The lowest BCUT2D eigenvalue weighted by Crippen LogP contribution is -2.46. The summed E-state index contributed by atoms with van der Waals surface area (Å²) in [5.41, 5.74) is 0. The largest absolute Gasteiger partial charge is 0.316 e. The van der Waals surface area contributed by atoms with E-state index in [1.165, 1.54) is 19.1 Å². The molecule has 2 fully saturated rings. The zero-order valence-corrected chi connectivity index (χ0v) is 12.0. The lowest BCUT2D eigenvalue weighted by atomic mass is 9.98. The molecule has 2 rings (SSSR count). The Labute approximate surface area is 110 Å². The van der Waals surface area contributed by atoms with E-state index >= 15 is 0 Å². The number of nitrogens with zero attached hydrogens (tertiary/aromatic N) is 1. The monoisotopic (exact) mass is 275 g/mol. The highest BCUT2D eigenvalue weighted by Gasteiger charge is 2.25. The van der Waals surface area contributed by atoms with Crippen LogP contribution in [0.1, 0.15) is 25.7 Å². The van der Waals surface area contributed by atoms with Gasteiger partial charge in [-0.15, -0.1) is 0 Å². The van der Waals surface area contributed by atoms with Crippen molar-refractivity contribution in [3.05, 3.63) is 0 Å². The molecule has 0 radical (unpaired) electrons. The molecule has 0 saturated carbocycles. The van der Waals surface area contributed by atoms with Gasteiger partial charge in [0.1, 0.15) is 0 Å². The first-order valence-corrected chi connectivity index (χ1v) is 8.80. The maximum atomic E-state index is 11.4. The molecule has 0 aromatic rings. The number of sulfonamides is 1. The highest BCUT2D eigenvalue weighted by atomic mass is 32.2. The Morgan fingerprint density at radius 1 is 1.28 bits per heavy atom. The van der Waals surface area contributed by atoms with E-state index in [9.17, 15) is 8.42 Å². The first kappa shape index (κ1) is 14.2.